The van der Waals surface area contributed by atoms with Crippen molar-refractivity contribution >= 4 is 0 Å². The van der Waals surface area contributed by atoms with Gasteiger partial charge in [-0.15, -0.1) is 0 Å². The lowest BCUT2D eigenvalue weighted by molar-refractivity contribution is -0.127. The summed E-state index contributed by atoms with van der Waals surface area (Å²) < 4.78 is 12.4. The van der Waals surface area contributed by atoms with Crippen molar-refractivity contribution in [1.82, 2.24) is 0 Å². The highest BCUT2D eigenvalue weighted by atomic mass is 19.1. The molecule has 0 aromatic rings. The molecule has 0 aromatic carbocycles. The van der Waals surface area contributed by atoms with Crippen molar-refractivity contribution in [3.8, 4) is 0 Å². The Morgan fingerprint density at radius 1 is 1.00 bits per heavy atom. The number of aliphatic hydroxyl groups is 5. The van der Waals surface area contributed by atoms with Gasteiger partial charge < -0.3 is 25.5 Å². The van der Waals surface area contributed by atoms with Gasteiger partial charge in [0.05, 0.1) is 6.61 Å². The van der Waals surface area contributed by atoms with E-state index in [0.29, 0.717) is 0 Å². The molecule has 0 spiro atoms. The van der Waals surface area contributed by atoms with Crippen LogP contribution in [-0.2, 0) is 0 Å². The molecule has 0 aliphatic heterocycles. The lowest BCUT2D eigenvalue weighted by Crippen LogP contribution is -2.48. The Balaban J connectivity index is 4.15. The van der Waals surface area contributed by atoms with Gasteiger partial charge in [0.1, 0.15) is 30.6 Å². The Hall–Kier alpha value is -0.270. The van der Waals surface area contributed by atoms with E-state index < -0.39 is 37.2 Å². The Morgan fingerprint density at radius 3 is 1.77 bits per heavy atom. The zero-order chi connectivity index (χ0) is 10.6. The van der Waals surface area contributed by atoms with E-state index in [2.05, 4.69) is 0 Å². The highest BCUT2D eigenvalue weighted by Gasteiger charge is 2.32. The first-order valence-electron chi connectivity index (χ1n) is 3.89. The first kappa shape index (κ1) is 12.7. The smallest absolute Gasteiger partial charge is 0.126 e. The summed E-state index contributed by atoms with van der Waals surface area (Å²) in [6, 6.07) is 0. The van der Waals surface area contributed by atoms with Gasteiger partial charge in [0, 0.05) is 0 Å². The van der Waals surface area contributed by atoms with Crippen molar-refractivity contribution in [2.75, 3.05) is 6.61 Å². The van der Waals surface area contributed by atoms with Crippen LogP contribution in [-0.4, -0.2) is 62.7 Å². The van der Waals surface area contributed by atoms with Crippen molar-refractivity contribution in [2.24, 2.45) is 0 Å². The van der Waals surface area contributed by atoms with Crippen molar-refractivity contribution in [3.05, 3.63) is 0 Å². The second kappa shape index (κ2) is 5.46. The van der Waals surface area contributed by atoms with E-state index in [1.54, 1.807) is 0 Å². The topological polar surface area (TPSA) is 101 Å². The predicted molar refractivity (Wildman–Crippen MR) is 41.7 cm³/mol. The number of alkyl halides is 1. The third-order valence-electron chi connectivity index (χ3n) is 1.75. The van der Waals surface area contributed by atoms with Crippen molar-refractivity contribution in [3.63, 3.8) is 0 Å². The van der Waals surface area contributed by atoms with Gasteiger partial charge in [0.2, 0.25) is 0 Å². The molecule has 0 aliphatic carbocycles. The molecule has 0 amide bonds. The summed E-state index contributed by atoms with van der Waals surface area (Å²) in [5.41, 5.74) is 0. The van der Waals surface area contributed by atoms with Gasteiger partial charge in [-0.3, -0.25) is 0 Å². The maximum absolute atomic E-state index is 12.4. The molecule has 80 valence electrons. The Labute approximate surface area is 75.1 Å². The zero-order valence-electron chi connectivity index (χ0n) is 7.21. The van der Waals surface area contributed by atoms with E-state index in [4.69, 9.17) is 25.5 Å². The van der Waals surface area contributed by atoms with E-state index in [-0.39, 0.29) is 0 Å². The van der Waals surface area contributed by atoms with Gasteiger partial charge in [-0.1, -0.05) is 0 Å². The molecule has 5 nitrogen and oxygen atoms in total. The van der Waals surface area contributed by atoms with Crippen LogP contribution in [0.5, 0.6) is 0 Å². The van der Waals surface area contributed by atoms with Crippen LogP contribution in [0.25, 0.3) is 0 Å². The molecule has 0 radical (unpaired) electrons. The van der Waals surface area contributed by atoms with E-state index in [0.717, 1.165) is 6.92 Å². The maximum Gasteiger partial charge on any atom is 0.126 e. The summed E-state index contributed by atoms with van der Waals surface area (Å²) in [5.74, 6) is 0. The average Bonchev–Trinajstić information content (AvgIpc) is 2.12. The summed E-state index contributed by atoms with van der Waals surface area (Å²) in [5, 5.41) is 44.2. The third kappa shape index (κ3) is 3.53. The molecule has 0 aromatic heterocycles. The summed E-state index contributed by atoms with van der Waals surface area (Å²) in [6.45, 7) is 0.234. The molecule has 0 rings (SSSR count). The SMILES string of the molecule is C[C@H](F)C(O)C(O)[C@@H](O)[C@@H](O)CO. The van der Waals surface area contributed by atoms with E-state index in [9.17, 15) is 4.39 Å². The highest BCUT2D eigenvalue weighted by molar-refractivity contribution is 4.82. The number of rotatable bonds is 5. The minimum absolute atomic E-state index is 0.772. The molecule has 0 saturated heterocycles. The van der Waals surface area contributed by atoms with Crippen molar-refractivity contribution < 1.29 is 29.9 Å². The summed E-state index contributed by atoms with van der Waals surface area (Å²) in [6.07, 6.45) is -8.68. The van der Waals surface area contributed by atoms with Crippen LogP contribution in [0.1, 0.15) is 6.92 Å². The van der Waals surface area contributed by atoms with Crippen LogP contribution >= 0.6 is 0 Å². The van der Waals surface area contributed by atoms with E-state index in [1.807, 2.05) is 0 Å². The molecule has 5 N–H and O–H groups in total. The van der Waals surface area contributed by atoms with Crippen LogP contribution in [0.15, 0.2) is 0 Å². The number of hydrogen-bond acceptors (Lipinski definition) is 5. The lowest BCUT2D eigenvalue weighted by atomic mass is 10.0. The van der Waals surface area contributed by atoms with Gasteiger partial charge in [-0.2, -0.15) is 0 Å². The highest BCUT2D eigenvalue weighted by Crippen LogP contribution is 2.09. The summed E-state index contributed by atoms with van der Waals surface area (Å²) in [7, 11) is 0. The summed E-state index contributed by atoms with van der Waals surface area (Å²) >= 11 is 0. The zero-order valence-corrected chi connectivity index (χ0v) is 7.21. The van der Waals surface area contributed by atoms with Crippen LogP contribution < -0.4 is 0 Å². The molecule has 0 aliphatic rings. The van der Waals surface area contributed by atoms with Crippen molar-refractivity contribution in [2.45, 2.75) is 37.5 Å². The quantitative estimate of drug-likeness (QED) is 0.344. The van der Waals surface area contributed by atoms with Crippen LogP contribution in [0.4, 0.5) is 4.39 Å². The average molecular weight is 198 g/mol. The maximum atomic E-state index is 12.4. The fourth-order valence-corrected chi connectivity index (χ4v) is 0.809. The van der Waals surface area contributed by atoms with Gasteiger partial charge in [-0.05, 0) is 6.92 Å². The standard InChI is InChI=1S/C7H15FO5/c1-3(8)5(11)7(13)6(12)4(10)2-9/h3-7,9-13H,2H2,1H3/t3-,4-,5?,6-,7?/m0/s1. The first-order valence-corrected chi connectivity index (χ1v) is 3.89. The van der Waals surface area contributed by atoms with E-state index >= 15 is 0 Å². The summed E-state index contributed by atoms with van der Waals surface area (Å²) in [4.78, 5) is 0. The molecule has 13 heavy (non-hydrogen) atoms. The van der Waals surface area contributed by atoms with Crippen LogP contribution in [0, 0.1) is 0 Å². The molecule has 2 unspecified atom stereocenters. The number of hydrogen-bond donors (Lipinski definition) is 5. The minimum atomic E-state index is -1.82. The molecule has 0 fully saturated rings. The molecule has 0 saturated carbocycles. The molecule has 0 heterocycles. The van der Waals surface area contributed by atoms with Gasteiger partial charge >= 0.3 is 0 Å². The fraction of sp³-hybridized carbons (Fsp3) is 1.00. The van der Waals surface area contributed by atoms with Crippen molar-refractivity contribution in [1.29, 1.82) is 0 Å². The molecule has 6 heteroatoms. The van der Waals surface area contributed by atoms with Crippen LogP contribution in [0.3, 0.4) is 0 Å². The van der Waals surface area contributed by atoms with E-state index in [1.165, 1.54) is 0 Å². The minimum Gasteiger partial charge on any atom is -0.394 e. The molecule has 5 atom stereocenters. The fourth-order valence-electron chi connectivity index (χ4n) is 0.809. The molecule has 0 bridgehead atoms. The second-order valence-corrected chi connectivity index (χ2v) is 2.90. The van der Waals surface area contributed by atoms with Gasteiger partial charge in [0.15, 0.2) is 0 Å². The predicted octanol–water partition coefficient (Wildman–Crippen LogP) is -2.22. The first-order chi connectivity index (χ1) is 5.91. The monoisotopic (exact) mass is 198 g/mol. The Kier molecular flexibility index (Phi) is 5.34. The van der Waals surface area contributed by atoms with Gasteiger partial charge in [0.25, 0.3) is 0 Å². The molecular formula is C7H15FO5. The Morgan fingerprint density at radius 2 is 1.46 bits per heavy atom. The molecular weight excluding hydrogens is 183 g/mol. The third-order valence-corrected chi connectivity index (χ3v) is 1.75. The second-order valence-electron chi connectivity index (χ2n) is 2.90. The normalized spacial score (nSPS) is 23.3. The van der Waals surface area contributed by atoms with Gasteiger partial charge in [-0.25, -0.2) is 4.39 Å². The Bertz CT molecular complexity index is 143. The largest absolute Gasteiger partial charge is 0.394 e. The number of halogens is 1. The van der Waals surface area contributed by atoms with Crippen LogP contribution in [0.2, 0.25) is 0 Å². The number of aliphatic hydroxyl groups excluding tert-OH is 5. The lowest BCUT2D eigenvalue weighted by Gasteiger charge is -2.26.